The molecule has 0 atom stereocenters. The number of halogens is 1. The molecule has 0 spiro atoms. The summed E-state index contributed by atoms with van der Waals surface area (Å²) in [6.45, 7) is 1.85. The van der Waals surface area contributed by atoms with Gasteiger partial charge in [-0.1, -0.05) is 30.3 Å². The van der Waals surface area contributed by atoms with Crippen molar-refractivity contribution in [1.82, 2.24) is 4.98 Å². The van der Waals surface area contributed by atoms with Crippen LogP contribution in [0, 0.1) is 5.82 Å². The number of Topliss-reactive ketones (excluding diaryl/α,β-unsaturated/α-hetero) is 1. The van der Waals surface area contributed by atoms with E-state index in [1.807, 2.05) is 25.1 Å². The van der Waals surface area contributed by atoms with Crippen LogP contribution in [0.25, 0.3) is 22.7 Å². The summed E-state index contributed by atoms with van der Waals surface area (Å²) in [5.41, 5.74) is 2.63. The summed E-state index contributed by atoms with van der Waals surface area (Å²) in [4.78, 5) is 17.8. The van der Waals surface area contributed by atoms with Crippen LogP contribution in [-0.4, -0.2) is 10.8 Å². The van der Waals surface area contributed by atoms with Gasteiger partial charge in [0.25, 0.3) is 0 Å². The first-order valence-corrected chi connectivity index (χ1v) is 9.40. The van der Waals surface area contributed by atoms with Crippen LogP contribution in [0.2, 0.25) is 0 Å². The first kappa shape index (κ1) is 19.3. The number of carbonyl (C=O) groups excluding carboxylic acids is 1. The molecule has 0 saturated heterocycles. The molecule has 0 radical (unpaired) electrons. The van der Waals surface area contributed by atoms with E-state index in [2.05, 4.69) is 4.98 Å². The number of fused-ring (bicyclic) bond motifs is 1. The predicted octanol–water partition coefficient (Wildman–Crippen LogP) is 6.30. The number of allylic oxidation sites excluding steroid dienone is 2. The van der Waals surface area contributed by atoms with Crippen molar-refractivity contribution >= 4 is 28.5 Å². The van der Waals surface area contributed by atoms with Gasteiger partial charge >= 0.3 is 0 Å². The maximum Gasteiger partial charge on any atom is 0.231 e. The SMILES string of the molecule is C/C=C/Oc1ccc(C(=O)/C(=C\c2ccc(F)cc2)c2nc3ccccc3o2)cc1. The van der Waals surface area contributed by atoms with Crippen molar-refractivity contribution in [3.63, 3.8) is 0 Å². The van der Waals surface area contributed by atoms with Crippen molar-refractivity contribution in [3.05, 3.63) is 108 Å². The molecule has 0 fully saturated rings. The molecule has 148 valence electrons. The lowest BCUT2D eigenvalue weighted by molar-refractivity contribution is 0.105. The van der Waals surface area contributed by atoms with Gasteiger partial charge in [-0.05, 0) is 67.1 Å². The zero-order valence-corrected chi connectivity index (χ0v) is 16.2. The molecule has 1 aromatic heterocycles. The van der Waals surface area contributed by atoms with E-state index in [9.17, 15) is 9.18 Å². The monoisotopic (exact) mass is 399 g/mol. The van der Waals surface area contributed by atoms with Crippen LogP contribution in [-0.2, 0) is 0 Å². The van der Waals surface area contributed by atoms with E-state index in [1.165, 1.54) is 12.1 Å². The Kier molecular flexibility index (Phi) is 5.52. The van der Waals surface area contributed by atoms with E-state index in [1.54, 1.807) is 60.9 Å². The summed E-state index contributed by atoms with van der Waals surface area (Å²) in [5, 5.41) is 0. The molecule has 4 rings (SSSR count). The van der Waals surface area contributed by atoms with Gasteiger partial charge in [-0.2, -0.15) is 0 Å². The third kappa shape index (κ3) is 4.20. The van der Waals surface area contributed by atoms with Gasteiger partial charge in [0.15, 0.2) is 11.4 Å². The smallest absolute Gasteiger partial charge is 0.231 e. The standard InChI is InChI=1S/C25H18FNO3/c1-2-15-29-20-13-9-18(10-14-20)24(28)21(16-17-7-11-19(26)12-8-17)25-27-22-5-3-4-6-23(22)30-25/h2-16H,1H3/b15-2+,21-16+. The van der Waals surface area contributed by atoms with E-state index in [-0.39, 0.29) is 23.1 Å². The summed E-state index contributed by atoms with van der Waals surface area (Å²) in [7, 11) is 0. The van der Waals surface area contributed by atoms with Crippen LogP contribution >= 0.6 is 0 Å². The minimum Gasteiger partial charge on any atom is -0.465 e. The second-order valence-corrected chi connectivity index (χ2v) is 6.54. The molecule has 0 aliphatic carbocycles. The van der Waals surface area contributed by atoms with Gasteiger partial charge in [-0.3, -0.25) is 4.79 Å². The maximum atomic E-state index is 13.3. The molecule has 0 aliphatic heterocycles. The van der Waals surface area contributed by atoms with Crippen LogP contribution in [0.5, 0.6) is 5.75 Å². The van der Waals surface area contributed by atoms with E-state index in [0.29, 0.717) is 28.0 Å². The van der Waals surface area contributed by atoms with Crippen LogP contribution in [0.3, 0.4) is 0 Å². The molecule has 30 heavy (non-hydrogen) atoms. The molecular weight excluding hydrogens is 381 g/mol. The zero-order chi connectivity index (χ0) is 20.9. The molecule has 4 nitrogen and oxygen atoms in total. The van der Waals surface area contributed by atoms with Gasteiger partial charge in [0, 0.05) is 5.56 Å². The van der Waals surface area contributed by atoms with E-state index in [0.717, 1.165) is 0 Å². The van der Waals surface area contributed by atoms with Crippen molar-refractivity contribution in [2.45, 2.75) is 6.92 Å². The highest BCUT2D eigenvalue weighted by atomic mass is 19.1. The van der Waals surface area contributed by atoms with E-state index < -0.39 is 0 Å². The van der Waals surface area contributed by atoms with Gasteiger partial charge in [0.2, 0.25) is 5.89 Å². The Hall–Kier alpha value is -3.99. The third-order valence-electron chi connectivity index (χ3n) is 4.41. The van der Waals surface area contributed by atoms with Crippen LogP contribution in [0.15, 0.2) is 89.6 Å². The summed E-state index contributed by atoms with van der Waals surface area (Å²) in [5.74, 6) is 0.220. The third-order valence-corrected chi connectivity index (χ3v) is 4.41. The highest BCUT2D eigenvalue weighted by Crippen LogP contribution is 2.27. The number of hydrogen-bond donors (Lipinski definition) is 0. The highest BCUT2D eigenvalue weighted by Gasteiger charge is 2.20. The Morgan fingerprint density at radius 1 is 1.00 bits per heavy atom. The van der Waals surface area contributed by atoms with Crippen LogP contribution in [0.1, 0.15) is 28.7 Å². The Labute approximate surface area is 172 Å². The number of ketones is 1. The van der Waals surface area contributed by atoms with Gasteiger partial charge in [-0.15, -0.1) is 0 Å². The number of para-hydroxylation sites is 2. The normalized spacial score (nSPS) is 11.9. The maximum absolute atomic E-state index is 13.3. The number of ether oxygens (including phenoxy) is 1. The summed E-state index contributed by atoms with van der Waals surface area (Å²) >= 11 is 0. The summed E-state index contributed by atoms with van der Waals surface area (Å²) < 4.78 is 24.5. The van der Waals surface area contributed by atoms with Crippen LogP contribution < -0.4 is 4.74 Å². The number of aromatic nitrogens is 1. The Morgan fingerprint density at radius 3 is 2.43 bits per heavy atom. The largest absolute Gasteiger partial charge is 0.465 e. The molecule has 0 aliphatic rings. The van der Waals surface area contributed by atoms with Crippen molar-refractivity contribution in [2.75, 3.05) is 0 Å². The molecule has 0 N–H and O–H groups in total. The number of carbonyl (C=O) groups is 1. The molecule has 4 aromatic rings. The van der Waals surface area contributed by atoms with Crippen LogP contribution in [0.4, 0.5) is 4.39 Å². The molecule has 0 bridgehead atoms. The van der Waals surface area contributed by atoms with Gasteiger partial charge < -0.3 is 9.15 Å². The average molecular weight is 399 g/mol. The zero-order valence-electron chi connectivity index (χ0n) is 16.2. The number of rotatable bonds is 6. The quantitative estimate of drug-likeness (QED) is 0.217. The molecule has 1 heterocycles. The van der Waals surface area contributed by atoms with E-state index >= 15 is 0 Å². The Balaban J connectivity index is 1.76. The fourth-order valence-corrected chi connectivity index (χ4v) is 2.92. The molecule has 5 heteroatoms. The Bertz CT molecular complexity index is 1200. The lowest BCUT2D eigenvalue weighted by atomic mass is 10.0. The molecule has 0 saturated carbocycles. The number of nitrogens with zero attached hydrogens (tertiary/aromatic N) is 1. The second-order valence-electron chi connectivity index (χ2n) is 6.54. The first-order valence-electron chi connectivity index (χ1n) is 9.40. The topological polar surface area (TPSA) is 52.3 Å². The van der Waals surface area contributed by atoms with Gasteiger partial charge in [-0.25, -0.2) is 9.37 Å². The fraction of sp³-hybridized carbons (Fsp3) is 0.0400. The number of hydrogen-bond acceptors (Lipinski definition) is 4. The van der Waals surface area contributed by atoms with Crippen molar-refractivity contribution in [1.29, 1.82) is 0 Å². The Morgan fingerprint density at radius 2 is 1.73 bits per heavy atom. The molecular formula is C25H18FNO3. The first-order chi connectivity index (χ1) is 14.6. The molecule has 3 aromatic carbocycles. The lowest BCUT2D eigenvalue weighted by Gasteiger charge is -2.06. The molecule has 0 unspecified atom stereocenters. The summed E-state index contributed by atoms with van der Waals surface area (Å²) in [6.07, 6.45) is 4.99. The van der Waals surface area contributed by atoms with E-state index in [4.69, 9.17) is 9.15 Å². The highest BCUT2D eigenvalue weighted by molar-refractivity contribution is 6.31. The average Bonchev–Trinajstić information content (AvgIpc) is 3.21. The minimum atomic E-state index is -0.349. The van der Waals surface area contributed by atoms with Crippen molar-refractivity contribution in [3.8, 4) is 5.75 Å². The second kappa shape index (κ2) is 8.57. The minimum absolute atomic E-state index is 0.208. The number of oxazole rings is 1. The van der Waals surface area contributed by atoms with Gasteiger partial charge in [0.1, 0.15) is 17.1 Å². The number of benzene rings is 3. The van der Waals surface area contributed by atoms with Crippen molar-refractivity contribution in [2.24, 2.45) is 0 Å². The lowest BCUT2D eigenvalue weighted by Crippen LogP contribution is -2.03. The molecule has 0 amide bonds. The predicted molar refractivity (Wildman–Crippen MR) is 114 cm³/mol. The van der Waals surface area contributed by atoms with Crippen molar-refractivity contribution < 1.29 is 18.3 Å². The summed E-state index contributed by atoms with van der Waals surface area (Å²) in [6, 6.07) is 20.0. The fourth-order valence-electron chi connectivity index (χ4n) is 2.92. The van der Waals surface area contributed by atoms with Gasteiger partial charge in [0.05, 0.1) is 11.8 Å².